The smallest absolute Gasteiger partial charge is 0.128 e. The first-order valence-electron chi connectivity index (χ1n) is 5.22. The third-order valence-corrected chi connectivity index (χ3v) is 3.26. The molecule has 1 nitrogen and oxygen atoms in total. The van der Waals surface area contributed by atoms with Gasteiger partial charge in [0.1, 0.15) is 5.82 Å². The summed E-state index contributed by atoms with van der Waals surface area (Å²) >= 11 is 6.00. The Balaban J connectivity index is 2.94. The van der Waals surface area contributed by atoms with Crippen LogP contribution in [0.2, 0.25) is 5.02 Å². The lowest BCUT2D eigenvalue weighted by Crippen LogP contribution is -2.13. The molecule has 0 amide bonds. The summed E-state index contributed by atoms with van der Waals surface area (Å²) in [6, 6.07) is 4.81. The molecule has 0 heterocycles. The van der Waals surface area contributed by atoms with Gasteiger partial charge < -0.3 is 5.73 Å². The van der Waals surface area contributed by atoms with Crippen molar-refractivity contribution in [2.75, 3.05) is 6.54 Å². The highest BCUT2D eigenvalue weighted by atomic mass is 35.5. The molecule has 1 aromatic rings. The molecule has 2 N–H and O–H groups in total. The molecule has 2 atom stereocenters. The number of nitrogens with two attached hydrogens (primary N) is 1. The Hall–Kier alpha value is -0.600. The van der Waals surface area contributed by atoms with Crippen molar-refractivity contribution >= 4 is 11.6 Å². The van der Waals surface area contributed by atoms with Gasteiger partial charge in [-0.2, -0.15) is 0 Å². The van der Waals surface area contributed by atoms with Gasteiger partial charge in [0, 0.05) is 10.6 Å². The topological polar surface area (TPSA) is 26.0 Å². The SMILES string of the molecule is CC(CCN)C(C)c1c(F)cccc1Cl. The maximum Gasteiger partial charge on any atom is 0.128 e. The van der Waals surface area contributed by atoms with Crippen LogP contribution in [0.25, 0.3) is 0 Å². The van der Waals surface area contributed by atoms with Gasteiger partial charge in [-0.15, -0.1) is 0 Å². The lowest BCUT2D eigenvalue weighted by atomic mass is 9.86. The molecule has 0 aliphatic heterocycles. The molecule has 0 aliphatic rings. The van der Waals surface area contributed by atoms with Gasteiger partial charge in [0.05, 0.1) is 0 Å². The van der Waals surface area contributed by atoms with Crippen LogP contribution < -0.4 is 5.73 Å². The summed E-state index contributed by atoms with van der Waals surface area (Å²) in [5.41, 5.74) is 6.11. The van der Waals surface area contributed by atoms with Crippen molar-refractivity contribution in [3.63, 3.8) is 0 Å². The molecule has 1 rings (SSSR count). The zero-order chi connectivity index (χ0) is 11.4. The minimum Gasteiger partial charge on any atom is -0.330 e. The van der Waals surface area contributed by atoms with E-state index in [0.29, 0.717) is 23.0 Å². The van der Waals surface area contributed by atoms with E-state index >= 15 is 0 Å². The highest BCUT2D eigenvalue weighted by Crippen LogP contribution is 2.33. The van der Waals surface area contributed by atoms with Gasteiger partial charge in [-0.1, -0.05) is 31.5 Å². The zero-order valence-corrected chi connectivity index (χ0v) is 9.89. The third-order valence-electron chi connectivity index (χ3n) is 2.93. The molecule has 3 heteroatoms. The number of rotatable bonds is 4. The second-order valence-electron chi connectivity index (χ2n) is 3.98. The third kappa shape index (κ3) is 2.93. The van der Waals surface area contributed by atoms with Gasteiger partial charge in [0.2, 0.25) is 0 Å². The second kappa shape index (κ2) is 5.47. The Kier molecular flexibility index (Phi) is 4.55. The van der Waals surface area contributed by atoms with Crippen molar-refractivity contribution in [2.45, 2.75) is 26.2 Å². The van der Waals surface area contributed by atoms with Crippen LogP contribution in [-0.4, -0.2) is 6.54 Å². The van der Waals surface area contributed by atoms with Crippen LogP contribution in [0.4, 0.5) is 4.39 Å². The van der Waals surface area contributed by atoms with Gasteiger partial charge in [0.15, 0.2) is 0 Å². The summed E-state index contributed by atoms with van der Waals surface area (Å²) in [5, 5.41) is 0.506. The first-order chi connectivity index (χ1) is 7.07. The van der Waals surface area contributed by atoms with Gasteiger partial charge >= 0.3 is 0 Å². The summed E-state index contributed by atoms with van der Waals surface area (Å²) in [6.07, 6.45) is 0.881. The molecule has 0 aromatic heterocycles. The fourth-order valence-electron chi connectivity index (χ4n) is 1.74. The Morgan fingerprint density at radius 3 is 2.60 bits per heavy atom. The van der Waals surface area contributed by atoms with Crippen LogP contribution in [0.3, 0.4) is 0 Å². The van der Waals surface area contributed by atoms with Gasteiger partial charge in [-0.3, -0.25) is 0 Å². The largest absolute Gasteiger partial charge is 0.330 e. The van der Waals surface area contributed by atoms with E-state index in [-0.39, 0.29) is 11.7 Å². The van der Waals surface area contributed by atoms with Crippen molar-refractivity contribution < 1.29 is 4.39 Å². The Labute approximate surface area is 95.4 Å². The van der Waals surface area contributed by atoms with E-state index in [1.807, 2.05) is 6.92 Å². The Bertz CT molecular complexity index is 307. The minimum atomic E-state index is -0.223. The van der Waals surface area contributed by atoms with E-state index in [0.717, 1.165) is 6.42 Å². The summed E-state index contributed by atoms with van der Waals surface area (Å²) in [4.78, 5) is 0. The van der Waals surface area contributed by atoms with Crippen LogP contribution in [0.1, 0.15) is 31.7 Å². The van der Waals surface area contributed by atoms with E-state index in [9.17, 15) is 4.39 Å². The predicted octanol–water partition coefficient (Wildman–Crippen LogP) is 3.57. The minimum absolute atomic E-state index is 0.0993. The molecule has 15 heavy (non-hydrogen) atoms. The van der Waals surface area contributed by atoms with E-state index in [2.05, 4.69) is 6.92 Å². The fourth-order valence-corrected chi connectivity index (χ4v) is 2.08. The molecule has 0 aliphatic carbocycles. The van der Waals surface area contributed by atoms with Gasteiger partial charge in [-0.25, -0.2) is 4.39 Å². The molecule has 0 fully saturated rings. The summed E-state index contributed by atoms with van der Waals surface area (Å²) in [7, 11) is 0. The first-order valence-corrected chi connectivity index (χ1v) is 5.59. The number of halogens is 2. The molecule has 1 aromatic carbocycles. The summed E-state index contributed by atoms with van der Waals surface area (Å²) < 4.78 is 13.6. The van der Waals surface area contributed by atoms with Gasteiger partial charge in [0.25, 0.3) is 0 Å². The Morgan fingerprint density at radius 1 is 1.40 bits per heavy atom. The van der Waals surface area contributed by atoms with Crippen LogP contribution in [0.15, 0.2) is 18.2 Å². The molecule has 0 saturated carbocycles. The van der Waals surface area contributed by atoms with E-state index in [4.69, 9.17) is 17.3 Å². The van der Waals surface area contributed by atoms with Crippen molar-refractivity contribution in [1.29, 1.82) is 0 Å². The molecule has 0 radical (unpaired) electrons. The van der Waals surface area contributed by atoms with Crippen LogP contribution >= 0.6 is 11.6 Å². The molecule has 0 saturated heterocycles. The number of hydrogen-bond donors (Lipinski definition) is 1. The molecule has 0 bridgehead atoms. The van der Waals surface area contributed by atoms with E-state index in [1.54, 1.807) is 12.1 Å². The molecule has 0 spiro atoms. The average Bonchev–Trinajstić information content (AvgIpc) is 2.17. The average molecular weight is 230 g/mol. The van der Waals surface area contributed by atoms with Gasteiger partial charge in [-0.05, 0) is 36.9 Å². The lowest BCUT2D eigenvalue weighted by molar-refractivity contribution is 0.443. The van der Waals surface area contributed by atoms with Crippen molar-refractivity contribution in [1.82, 2.24) is 0 Å². The first kappa shape index (κ1) is 12.5. The monoisotopic (exact) mass is 229 g/mol. The van der Waals surface area contributed by atoms with Crippen molar-refractivity contribution in [3.8, 4) is 0 Å². The predicted molar refractivity (Wildman–Crippen MR) is 62.7 cm³/mol. The summed E-state index contributed by atoms with van der Waals surface area (Å²) in [5.74, 6) is 0.213. The fraction of sp³-hybridized carbons (Fsp3) is 0.500. The quantitative estimate of drug-likeness (QED) is 0.840. The molecular formula is C12H17ClFN. The van der Waals surface area contributed by atoms with Crippen LogP contribution in [0.5, 0.6) is 0 Å². The molecule has 84 valence electrons. The standard InChI is InChI=1S/C12H17ClFN/c1-8(6-7-15)9(2)12-10(13)4-3-5-11(12)14/h3-5,8-9H,6-7,15H2,1-2H3. The lowest BCUT2D eigenvalue weighted by Gasteiger charge is -2.21. The zero-order valence-electron chi connectivity index (χ0n) is 9.13. The van der Waals surface area contributed by atoms with E-state index in [1.165, 1.54) is 6.07 Å². The van der Waals surface area contributed by atoms with E-state index < -0.39 is 0 Å². The highest BCUT2D eigenvalue weighted by Gasteiger charge is 2.19. The van der Waals surface area contributed by atoms with Crippen LogP contribution in [0, 0.1) is 11.7 Å². The molecule has 2 unspecified atom stereocenters. The normalized spacial score (nSPS) is 15.0. The maximum absolute atomic E-state index is 13.6. The van der Waals surface area contributed by atoms with Crippen LogP contribution in [-0.2, 0) is 0 Å². The molecular weight excluding hydrogens is 213 g/mol. The number of hydrogen-bond acceptors (Lipinski definition) is 1. The maximum atomic E-state index is 13.6. The van der Waals surface area contributed by atoms with Crippen molar-refractivity contribution in [3.05, 3.63) is 34.6 Å². The Morgan fingerprint density at radius 2 is 2.07 bits per heavy atom. The number of benzene rings is 1. The summed E-state index contributed by atoms with van der Waals surface area (Å²) in [6.45, 7) is 4.68. The highest BCUT2D eigenvalue weighted by molar-refractivity contribution is 6.31. The second-order valence-corrected chi connectivity index (χ2v) is 4.39. The van der Waals surface area contributed by atoms with Crippen molar-refractivity contribution in [2.24, 2.45) is 11.7 Å².